The second-order valence-corrected chi connectivity index (χ2v) is 6.87. The summed E-state index contributed by atoms with van der Waals surface area (Å²) in [6.07, 6.45) is 0. The molecule has 2 heteroatoms. The van der Waals surface area contributed by atoms with E-state index in [9.17, 15) is 0 Å². The lowest BCUT2D eigenvalue weighted by Gasteiger charge is -2.06. The minimum atomic E-state index is 1.12. The van der Waals surface area contributed by atoms with Crippen LogP contribution in [0.2, 0.25) is 0 Å². The third-order valence-electron chi connectivity index (χ3n) is 3.68. The molecule has 0 heterocycles. The van der Waals surface area contributed by atoms with Crippen LogP contribution in [0.4, 0.5) is 0 Å². The molecular formula is C18H10Br2. The second kappa shape index (κ2) is 4.57. The largest absolute Gasteiger partial charge is 0.0532 e. The Balaban J connectivity index is 2.13. The maximum atomic E-state index is 3.54. The lowest BCUT2D eigenvalue weighted by atomic mass is 10.00. The van der Waals surface area contributed by atoms with Gasteiger partial charge in [0.05, 0.1) is 0 Å². The molecule has 0 atom stereocenters. The summed E-state index contributed by atoms with van der Waals surface area (Å²) in [5.74, 6) is 0. The zero-order valence-electron chi connectivity index (χ0n) is 10.5. The Hall–Kier alpha value is -1.38. The smallest absolute Gasteiger partial charge is 0.0181 e. The van der Waals surface area contributed by atoms with Gasteiger partial charge in [0, 0.05) is 8.95 Å². The van der Waals surface area contributed by atoms with Gasteiger partial charge in [0.2, 0.25) is 0 Å². The highest BCUT2D eigenvalue weighted by Gasteiger charge is 2.02. The molecule has 0 aliphatic carbocycles. The van der Waals surface area contributed by atoms with Crippen molar-refractivity contribution in [2.75, 3.05) is 0 Å². The van der Waals surface area contributed by atoms with Crippen LogP contribution in [-0.2, 0) is 0 Å². The van der Waals surface area contributed by atoms with E-state index in [1.54, 1.807) is 0 Å². The molecule has 4 aromatic carbocycles. The Morgan fingerprint density at radius 2 is 0.750 bits per heavy atom. The van der Waals surface area contributed by atoms with Crippen LogP contribution >= 0.6 is 31.9 Å². The minimum absolute atomic E-state index is 1.12. The van der Waals surface area contributed by atoms with E-state index >= 15 is 0 Å². The molecule has 4 rings (SSSR count). The highest BCUT2D eigenvalue weighted by molar-refractivity contribution is 9.10. The van der Waals surface area contributed by atoms with Gasteiger partial charge in [-0.25, -0.2) is 0 Å². The van der Waals surface area contributed by atoms with Crippen LogP contribution < -0.4 is 0 Å². The van der Waals surface area contributed by atoms with Crippen LogP contribution in [0.3, 0.4) is 0 Å². The van der Waals surface area contributed by atoms with Crippen molar-refractivity contribution < 1.29 is 0 Å². The molecule has 0 saturated heterocycles. The Morgan fingerprint density at radius 3 is 1.20 bits per heavy atom. The second-order valence-electron chi connectivity index (χ2n) is 5.03. The number of hydrogen-bond donors (Lipinski definition) is 0. The number of hydrogen-bond acceptors (Lipinski definition) is 0. The molecule has 0 nitrogen and oxygen atoms in total. The molecule has 20 heavy (non-hydrogen) atoms. The maximum absolute atomic E-state index is 3.54. The fourth-order valence-corrected chi connectivity index (χ4v) is 3.45. The normalized spacial score (nSPS) is 11.5. The van der Waals surface area contributed by atoms with Crippen molar-refractivity contribution in [1.29, 1.82) is 0 Å². The molecule has 0 amide bonds. The summed E-state index contributed by atoms with van der Waals surface area (Å²) < 4.78 is 2.24. The van der Waals surface area contributed by atoms with Crippen LogP contribution in [0.5, 0.6) is 0 Å². The molecule has 0 radical (unpaired) electrons. The van der Waals surface area contributed by atoms with Crippen molar-refractivity contribution in [3.8, 4) is 0 Å². The molecule has 0 unspecified atom stereocenters. The predicted octanol–water partition coefficient (Wildman–Crippen LogP) is 6.67. The summed E-state index contributed by atoms with van der Waals surface area (Å²) in [6.45, 7) is 0. The minimum Gasteiger partial charge on any atom is -0.0532 e. The summed E-state index contributed by atoms with van der Waals surface area (Å²) >= 11 is 7.08. The third kappa shape index (κ3) is 2.04. The van der Waals surface area contributed by atoms with Gasteiger partial charge in [0.25, 0.3) is 0 Å². The summed E-state index contributed by atoms with van der Waals surface area (Å²) in [6, 6.07) is 21.9. The van der Waals surface area contributed by atoms with Gasteiger partial charge in [0.1, 0.15) is 0 Å². The van der Waals surface area contributed by atoms with E-state index in [0.717, 1.165) is 8.95 Å². The first-order valence-electron chi connectivity index (χ1n) is 6.41. The van der Waals surface area contributed by atoms with E-state index in [-0.39, 0.29) is 0 Å². The van der Waals surface area contributed by atoms with E-state index < -0.39 is 0 Å². The average molecular weight is 386 g/mol. The number of fused-ring (bicyclic) bond motifs is 3. The van der Waals surface area contributed by atoms with Crippen LogP contribution in [0.1, 0.15) is 0 Å². The van der Waals surface area contributed by atoms with Gasteiger partial charge in [-0.3, -0.25) is 0 Å². The topological polar surface area (TPSA) is 0 Å². The number of rotatable bonds is 0. The zero-order valence-corrected chi connectivity index (χ0v) is 13.7. The summed E-state index contributed by atoms with van der Waals surface area (Å²) in [7, 11) is 0. The Morgan fingerprint density at radius 1 is 0.400 bits per heavy atom. The standard InChI is InChI=1S/C18H10Br2/c19-17-3-1-11-5-13-6-12-2-4-18(20)10-16(12)8-14(13)7-15(11)9-17/h1-10H. The highest BCUT2D eigenvalue weighted by Crippen LogP contribution is 2.30. The SMILES string of the molecule is Brc1ccc2cc3cc4ccc(Br)cc4cc3cc2c1. The van der Waals surface area contributed by atoms with Gasteiger partial charge in [-0.05, 0) is 80.8 Å². The van der Waals surface area contributed by atoms with Crippen molar-refractivity contribution >= 4 is 64.2 Å². The van der Waals surface area contributed by atoms with E-state index in [1.165, 1.54) is 32.3 Å². The number of halogens is 2. The lowest BCUT2D eigenvalue weighted by molar-refractivity contribution is 1.71. The van der Waals surface area contributed by atoms with Gasteiger partial charge >= 0.3 is 0 Å². The summed E-state index contributed by atoms with van der Waals surface area (Å²) in [5, 5.41) is 7.65. The van der Waals surface area contributed by atoms with E-state index in [4.69, 9.17) is 0 Å². The van der Waals surface area contributed by atoms with Gasteiger partial charge in [-0.1, -0.05) is 44.0 Å². The molecule has 0 fully saturated rings. The molecule has 96 valence electrons. The van der Waals surface area contributed by atoms with Gasteiger partial charge in [-0.15, -0.1) is 0 Å². The first kappa shape index (κ1) is 12.4. The van der Waals surface area contributed by atoms with E-state index in [0.29, 0.717) is 0 Å². The molecule has 0 saturated carbocycles. The van der Waals surface area contributed by atoms with Crippen molar-refractivity contribution in [3.05, 3.63) is 69.6 Å². The van der Waals surface area contributed by atoms with Gasteiger partial charge in [0.15, 0.2) is 0 Å². The van der Waals surface area contributed by atoms with Crippen LogP contribution in [0.15, 0.2) is 69.6 Å². The van der Waals surface area contributed by atoms with Crippen molar-refractivity contribution in [1.82, 2.24) is 0 Å². The summed E-state index contributed by atoms with van der Waals surface area (Å²) in [4.78, 5) is 0. The molecule has 4 aromatic rings. The molecular weight excluding hydrogens is 376 g/mol. The number of benzene rings is 4. The first-order valence-corrected chi connectivity index (χ1v) is 8.00. The fourth-order valence-electron chi connectivity index (χ4n) is 2.69. The Kier molecular flexibility index (Phi) is 2.83. The molecule has 0 aliphatic rings. The van der Waals surface area contributed by atoms with Crippen molar-refractivity contribution in [2.45, 2.75) is 0 Å². The van der Waals surface area contributed by atoms with Crippen molar-refractivity contribution in [2.24, 2.45) is 0 Å². The lowest BCUT2D eigenvalue weighted by Crippen LogP contribution is -1.79. The van der Waals surface area contributed by atoms with Crippen molar-refractivity contribution in [3.63, 3.8) is 0 Å². The zero-order chi connectivity index (χ0) is 13.7. The average Bonchev–Trinajstić information content (AvgIpc) is 2.43. The molecule has 0 spiro atoms. The Labute approximate surface area is 133 Å². The monoisotopic (exact) mass is 384 g/mol. The van der Waals surface area contributed by atoms with E-state index in [1.807, 2.05) is 0 Å². The maximum Gasteiger partial charge on any atom is 0.0181 e. The molecule has 0 aliphatic heterocycles. The van der Waals surface area contributed by atoms with Crippen LogP contribution in [-0.4, -0.2) is 0 Å². The first-order chi connectivity index (χ1) is 9.69. The fraction of sp³-hybridized carbons (Fsp3) is 0. The quantitative estimate of drug-likeness (QED) is 0.296. The van der Waals surface area contributed by atoms with Gasteiger partial charge in [-0.2, -0.15) is 0 Å². The molecule has 0 N–H and O–H groups in total. The van der Waals surface area contributed by atoms with Crippen LogP contribution in [0.25, 0.3) is 32.3 Å². The third-order valence-corrected chi connectivity index (χ3v) is 4.66. The molecule has 0 bridgehead atoms. The van der Waals surface area contributed by atoms with E-state index in [2.05, 4.69) is 92.5 Å². The highest BCUT2D eigenvalue weighted by atomic mass is 79.9. The van der Waals surface area contributed by atoms with Gasteiger partial charge < -0.3 is 0 Å². The summed E-state index contributed by atoms with van der Waals surface area (Å²) in [5.41, 5.74) is 0. The molecule has 0 aromatic heterocycles. The predicted molar refractivity (Wildman–Crippen MR) is 94.4 cm³/mol. The van der Waals surface area contributed by atoms with Crippen LogP contribution in [0, 0.1) is 0 Å². The Bertz CT molecular complexity index is 894.